The van der Waals surface area contributed by atoms with Crippen molar-refractivity contribution in [2.45, 2.75) is 0 Å². The topological polar surface area (TPSA) is 84.7 Å². The van der Waals surface area contributed by atoms with Gasteiger partial charge in [-0.1, -0.05) is 6.58 Å². The molecule has 1 amide bonds. The lowest BCUT2D eigenvalue weighted by Crippen LogP contribution is -2.04. The average Bonchev–Trinajstić information content (AvgIpc) is 2.43. The van der Waals surface area contributed by atoms with Crippen LogP contribution in [0.5, 0.6) is 0 Å². The number of hydrogen-bond acceptors (Lipinski definition) is 3. The second kappa shape index (κ2) is 5.49. The highest BCUT2D eigenvalue weighted by Gasteiger charge is 1.69. The number of primary amides is 1. The summed E-state index contributed by atoms with van der Waals surface area (Å²) >= 11 is 0. The van der Waals surface area contributed by atoms with Gasteiger partial charge < -0.3 is 5.73 Å². The Labute approximate surface area is 57.9 Å². The highest BCUT2D eigenvalue weighted by molar-refractivity contribution is 5.84. The van der Waals surface area contributed by atoms with Gasteiger partial charge >= 0.3 is 0 Å². The summed E-state index contributed by atoms with van der Waals surface area (Å²) in [6.07, 6.45) is 4.22. The van der Waals surface area contributed by atoms with E-state index in [0.29, 0.717) is 0 Å². The van der Waals surface area contributed by atoms with Gasteiger partial charge in [-0.05, 0) is 6.08 Å². The predicted octanol–water partition coefficient (Wildman–Crippen LogP) is -0.538. The molecule has 0 unspecified atom stereocenters. The van der Waals surface area contributed by atoms with Crippen LogP contribution in [0.15, 0.2) is 25.0 Å². The van der Waals surface area contributed by atoms with Gasteiger partial charge in [-0.25, -0.2) is 0 Å². The zero-order valence-electron chi connectivity index (χ0n) is 5.32. The molecule has 0 aliphatic carbocycles. The Balaban J connectivity index is 0.000000162. The van der Waals surface area contributed by atoms with Crippen molar-refractivity contribution in [2.75, 3.05) is 0 Å². The lowest BCUT2D eigenvalue weighted by molar-refractivity contribution is -0.113. The standard InChI is InChI=1S/C3H5NO.C2H3N3/c1-2-3(4)5;1-2-4-5-3-1/h2H,1H2,(H2,4,5);1-2H,(H,3,4,5). The smallest absolute Gasteiger partial charge is 0.240 e. The highest BCUT2D eigenvalue weighted by Crippen LogP contribution is 1.55. The van der Waals surface area contributed by atoms with E-state index in [2.05, 4.69) is 27.7 Å². The molecule has 0 aromatic carbocycles. The van der Waals surface area contributed by atoms with Gasteiger partial charge in [0.1, 0.15) is 0 Å². The molecule has 1 aromatic heterocycles. The van der Waals surface area contributed by atoms with E-state index in [4.69, 9.17) is 0 Å². The maximum Gasteiger partial charge on any atom is 0.240 e. The quantitative estimate of drug-likeness (QED) is 0.514. The molecule has 0 bridgehead atoms. The molecule has 0 radical (unpaired) electrons. The van der Waals surface area contributed by atoms with E-state index >= 15 is 0 Å². The van der Waals surface area contributed by atoms with Crippen LogP contribution in [0.3, 0.4) is 0 Å². The van der Waals surface area contributed by atoms with Gasteiger partial charge in [0.2, 0.25) is 5.91 Å². The normalized spacial score (nSPS) is 7.20. The number of nitrogens with one attached hydrogen (secondary N) is 1. The van der Waals surface area contributed by atoms with E-state index in [1.165, 1.54) is 0 Å². The maximum atomic E-state index is 9.47. The van der Waals surface area contributed by atoms with E-state index in [0.717, 1.165) is 6.08 Å². The summed E-state index contributed by atoms with van der Waals surface area (Å²) in [5.74, 6) is -0.481. The number of aromatic nitrogens is 3. The Kier molecular flexibility index (Phi) is 4.58. The monoisotopic (exact) mass is 140 g/mol. The second-order valence-corrected chi connectivity index (χ2v) is 1.26. The van der Waals surface area contributed by atoms with Crippen molar-refractivity contribution in [1.29, 1.82) is 0 Å². The van der Waals surface area contributed by atoms with Gasteiger partial charge in [0.25, 0.3) is 0 Å². The molecule has 0 saturated heterocycles. The molecule has 0 atom stereocenters. The zero-order chi connectivity index (χ0) is 7.82. The lowest BCUT2D eigenvalue weighted by atomic mass is 10.6. The first-order valence-corrected chi connectivity index (χ1v) is 2.49. The number of amides is 1. The van der Waals surface area contributed by atoms with E-state index in [1.54, 1.807) is 12.4 Å². The Bertz CT molecular complexity index is 164. The molecule has 5 nitrogen and oxygen atoms in total. The largest absolute Gasteiger partial charge is 0.366 e. The third-order valence-corrected chi connectivity index (χ3v) is 0.532. The van der Waals surface area contributed by atoms with Crippen LogP contribution in [0.2, 0.25) is 0 Å². The number of hydrogen-bond donors (Lipinski definition) is 2. The van der Waals surface area contributed by atoms with Gasteiger partial charge in [0, 0.05) is 0 Å². The van der Waals surface area contributed by atoms with Crippen LogP contribution in [-0.2, 0) is 4.79 Å². The van der Waals surface area contributed by atoms with Gasteiger partial charge in [0.05, 0.1) is 12.4 Å². The number of nitrogens with zero attached hydrogens (tertiary/aromatic N) is 2. The zero-order valence-corrected chi connectivity index (χ0v) is 5.32. The maximum absolute atomic E-state index is 9.47. The first-order valence-electron chi connectivity index (χ1n) is 2.49. The molecule has 0 aliphatic rings. The third-order valence-electron chi connectivity index (χ3n) is 0.532. The van der Waals surface area contributed by atoms with Crippen molar-refractivity contribution in [2.24, 2.45) is 5.73 Å². The molecule has 1 aromatic rings. The fraction of sp³-hybridized carbons (Fsp3) is 0. The Morgan fingerprint density at radius 1 is 1.60 bits per heavy atom. The summed E-state index contributed by atoms with van der Waals surface area (Å²) in [6.45, 7) is 3.09. The van der Waals surface area contributed by atoms with Crippen molar-refractivity contribution < 1.29 is 4.79 Å². The molecule has 1 heterocycles. The van der Waals surface area contributed by atoms with Crippen LogP contribution >= 0.6 is 0 Å². The molecule has 0 fully saturated rings. The number of rotatable bonds is 1. The van der Waals surface area contributed by atoms with Gasteiger partial charge in [-0.15, -0.1) is 0 Å². The number of nitrogens with two attached hydrogens (primary N) is 1. The number of H-pyrrole nitrogens is 1. The summed E-state index contributed by atoms with van der Waals surface area (Å²) in [4.78, 5) is 9.47. The van der Waals surface area contributed by atoms with E-state index < -0.39 is 5.91 Å². The molecule has 10 heavy (non-hydrogen) atoms. The van der Waals surface area contributed by atoms with Crippen LogP contribution in [0.1, 0.15) is 0 Å². The van der Waals surface area contributed by atoms with Crippen molar-refractivity contribution in [3.8, 4) is 0 Å². The van der Waals surface area contributed by atoms with Crippen LogP contribution < -0.4 is 5.73 Å². The molecular weight excluding hydrogens is 132 g/mol. The minimum absolute atomic E-state index is 0.481. The molecule has 0 saturated carbocycles. The van der Waals surface area contributed by atoms with Crippen LogP contribution in [0.25, 0.3) is 0 Å². The number of aromatic amines is 1. The molecule has 54 valence electrons. The summed E-state index contributed by atoms with van der Waals surface area (Å²) in [5, 5.41) is 9.33. The van der Waals surface area contributed by atoms with Gasteiger partial charge in [0.15, 0.2) is 0 Å². The van der Waals surface area contributed by atoms with Gasteiger partial charge in [-0.2, -0.15) is 15.4 Å². The summed E-state index contributed by atoms with van der Waals surface area (Å²) in [5.41, 5.74) is 4.53. The van der Waals surface area contributed by atoms with Crippen molar-refractivity contribution in [3.05, 3.63) is 25.0 Å². The van der Waals surface area contributed by atoms with Gasteiger partial charge in [-0.3, -0.25) is 4.79 Å². The van der Waals surface area contributed by atoms with Crippen LogP contribution in [-0.4, -0.2) is 21.3 Å². The van der Waals surface area contributed by atoms with Crippen LogP contribution in [0.4, 0.5) is 0 Å². The number of carbonyl (C=O) groups is 1. The molecule has 1 rings (SSSR count). The molecule has 0 spiro atoms. The SMILES string of the molecule is C=CC(N)=O.c1cn[nH]n1. The average molecular weight is 140 g/mol. The Morgan fingerprint density at radius 2 is 2.00 bits per heavy atom. The molecule has 5 heteroatoms. The first-order chi connectivity index (χ1) is 4.77. The minimum atomic E-state index is -0.481. The van der Waals surface area contributed by atoms with E-state index in [1.807, 2.05) is 0 Å². The number of carbonyl (C=O) groups excluding carboxylic acids is 1. The molecule has 0 aliphatic heterocycles. The molecular formula is C5H8N4O. The summed E-state index contributed by atoms with van der Waals surface area (Å²) in [7, 11) is 0. The predicted molar refractivity (Wildman–Crippen MR) is 35.8 cm³/mol. The summed E-state index contributed by atoms with van der Waals surface area (Å²) < 4.78 is 0. The minimum Gasteiger partial charge on any atom is -0.366 e. The lowest BCUT2D eigenvalue weighted by Gasteiger charge is -1.65. The van der Waals surface area contributed by atoms with Crippen molar-refractivity contribution >= 4 is 5.91 Å². The van der Waals surface area contributed by atoms with Crippen LogP contribution in [0, 0.1) is 0 Å². The van der Waals surface area contributed by atoms with Crippen molar-refractivity contribution in [1.82, 2.24) is 15.4 Å². The fourth-order valence-corrected chi connectivity index (χ4v) is 0.167. The third kappa shape index (κ3) is 6.35. The Morgan fingerprint density at radius 3 is 2.10 bits per heavy atom. The van der Waals surface area contributed by atoms with E-state index in [9.17, 15) is 4.79 Å². The van der Waals surface area contributed by atoms with E-state index in [-0.39, 0.29) is 0 Å². The fourth-order valence-electron chi connectivity index (χ4n) is 0.167. The second-order valence-electron chi connectivity index (χ2n) is 1.26. The Hall–Kier alpha value is -1.65. The van der Waals surface area contributed by atoms with Crippen molar-refractivity contribution in [3.63, 3.8) is 0 Å². The molecule has 3 N–H and O–H groups in total. The summed E-state index contributed by atoms with van der Waals surface area (Å²) in [6, 6.07) is 0. The highest BCUT2D eigenvalue weighted by atomic mass is 16.1. The first kappa shape index (κ1) is 8.35.